The van der Waals surface area contributed by atoms with Gasteiger partial charge >= 0.3 is 0 Å². The minimum atomic E-state index is -3.54. The zero-order chi connectivity index (χ0) is 14.0. The monoisotopic (exact) mass is 366 g/mol. The van der Waals surface area contributed by atoms with Crippen LogP contribution in [0.3, 0.4) is 0 Å². The van der Waals surface area contributed by atoms with Crippen molar-refractivity contribution in [3.05, 3.63) is 27.7 Å². The molecule has 106 valence electrons. The van der Waals surface area contributed by atoms with Gasteiger partial charge in [-0.1, -0.05) is 18.5 Å². The fraction of sp³-hybridized carbons (Fsp3) is 0.500. The Hall–Kier alpha value is -0.140. The first-order chi connectivity index (χ1) is 8.90. The molecule has 4 nitrogen and oxygen atoms in total. The predicted octanol–water partition coefficient (Wildman–Crippen LogP) is 2.38. The minimum Gasteiger partial charge on any atom is -0.315 e. The Labute approximate surface area is 127 Å². The Bertz CT molecular complexity index is 565. The van der Waals surface area contributed by atoms with Crippen LogP contribution in [-0.4, -0.2) is 27.5 Å². The lowest BCUT2D eigenvalue weighted by molar-refractivity contribution is 0.327. The third kappa shape index (κ3) is 3.70. The third-order valence-corrected chi connectivity index (χ3v) is 6.02. The van der Waals surface area contributed by atoms with Crippen LogP contribution in [0.2, 0.25) is 5.02 Å². The Morgan fingerprint density at radius 3 is 2.84 bits per heavy atom. The molecule has 0 radical (unpaired) electrons. The molecule has 1 aliphatic heterocycles. The van der Waals surface area contributed by atoms with E-state index in [-0.39, 0.29) is 10.9 Å². The Morgan fingerprint density at radius 2 is 2.21 bits per heavy atom. The zero-order valence-electron chi connectivity index (χ0n) is 10.5. The second-order valence-electron chi connectivity index (χ2n) is 4.77. The summed E-state index contributed by atoms with van der Waals surface area (Å²) in [6.45, 7) is 3.65. The van der Waals surface area contributed by atoms with Crippen LogP contribution in [0.15, 0.2) is 27.6 Å². The van der Waals surface area contributed by atoms with E-state index in [1.54, 1.807) is 12.1 Å². The van der Waals surface area contributed by atoms with E-state index in [1.807, 2.05) is 0 Å². The van der Waals surface area contributed by atoms with Gasteiger partial charge in [-0.25, -0.2) is 13.1 Å². The van der Waals surface area contributed by atoms with Crippen molar-refractivity contribution in [2.24, 2.45) is 5.92 Å². The van der Waals surface area contributed by atoms with E-state index in [0.717, 1.165) is 13.0 Å². The summed E-state index contributed by atoms with van der Waals surface area (Å²) in [5, 5.41) is 3.70. The van der Waals surface area contributed by atoms with E-state index in [1.165, 1.54) is 6.07 Å². The first-order valence-corrected chi connectivity index (χ1v) is 8.73. The van der Waals surface area contributed by atoms with Crippen LogP contribution in [0.4, 0.5) is 0 Å². The molecule has 1 saturated heterocycles. The van der Waals surface area contributed by atoms with Crippen LogP contribution in [0.5, 0.6) is 0 Å². The number of hydrogen-bond acceptors (Lipinski definition) is 3. The topological polar surface area (TPSA) is 58.2 Å². The fourth-order valence-electron chi connectivity index (χ4n) is 2.10. The van der Waals surface area contributed by atoms with Gasteiger partial charge in [0.05, 0.1) is 4.90 Å². The Morgan fingerprint density at radius 1 is 1.47 bits per heavy atom. The normalized spacial score (nSPS) is 24.4. The smallest absolute Gasteiger partial charge is 0.241 e. The maximum Gasteiger partial charge on any atom is 0.241 e. The molecule has 0 aliphatic carbocycles. The van der Waals surface area contributed by atoms with Gasteiger partial charge in [-0.3, -0.25) is 0 Å². The van der Waals surface area contributed by atoms with Crippen LogP contribution in [0, 0.1) is 5.92 Å². The van der Waals surface area contributed by atoms with Crippen LogP contribution in [-0.2, 0) is 10.0 Å². The van der Waals surface area contributed by atoms with E-state index in [9.17, 15) is 8.42 Å². The maximum atomic E-state index is 12.4. The summed E-state index contributed by atoms with van der Waals surface area (Å²) in [6, 6.07) is 4.58. The number of benzene rings is 1. The van der Waals surface area contributed by atoms with Crippen molar-refractivity contribution >= 4 is 37.6 Å². The van der Waals surface area contributed by atoms with Gasteiger partial charge < -0.3 is 5.32 Å². The molecule has 1 aromatic rings. The minimum absolute atomic E-state index is 0.0821. The highest BCUT2D eigenvalue weighted by atomic mass is 79.9. The van der Waals surface area contributed by atoms with Crippen molar-refractivity contribution in [1.29, 1.82) is 0 Å². The van der Waals surface area contributed by atoms with Crippen LogP contribution >= 0.6 is 27.5 Å². The van der Waals surface area contributed by atoms with E-state index in [2.05, 4.69) is 32.9 Å². The predicted molar refractivity (Wildman–Crippen MR) is 79.9 cm³/mol. The van der Waals surface area contributed by atoms with Gasteiger partial charge in [0, 0.05) is 22.1 Å². The van der Waals surface area contributed by atoms with Crippen LogP contribution in [0.1, 0.15) is 13.3 Å². The van der Waals surface area contributed by atoms with Crippen molar-refractivity contribution < 1.29 is 8.42 Å². The molecule has 2 atom stereocenters. The molecule has 2 rings (SSSR count). The summed E-state index contributed by atoms with van der Waals surface area (Å²) in [5.41, 5.74) is 0. The van der Waals surface area contributed by atoms with Crippen LogP contribution < -0.4 is 10.0 Å². The number of sulfonamides is 1. The molecule has 0 bridgehead atoms. The molecule has 1 heterocycles. The molecule has 2 N–H and O–H groups in total. The molecule has 19 heavy (non-hydrogen) atoms. The lowest BCUT2D eigenvalue weighted by Gasteiger charge is -2.30. The average molecular weight is 368 g/mol. The summed E-state index contributed by atoms with van der Waals surface area (Å²) in [7, 11) is -3.54. The van der Waals surface area contributed by atoms with E-state index in [4.69, 9.17) is 11.6 Å². The van der Waals surface area contributed by atoms with E-state index < -0.39 is 10.0 Å². The highest BCUT2D eigenvalue weighted by Crippen LogP contribution is 2.26. The molecular weight excluding hydrogens is 352 g/mol. The average Bonchev–Trinajstić information content (AvgIpc) is 2.31. The Balaban J connectivity index is 2.22. The number of piperidine rings is 1. The largest absolute Gasteiger partial charge is 0.315 e. The Kier molecular flexibility index (Phi) is 4.89. The van der Waals surface area contributed by atoms with E-state index >= 15 is 0 Å². The summed E-state index contributed by atoms with van der Waals surface area (Å²) in [5.74, 6) is 0.321. The molecular formula is C12H16BrClN2O2S. The molecule has 1 aliphatic rings. The second kappa shape index (κ2) is 6.10. The first kappa shape index (κ1) is 15.3. The van der Waals surface area contributed by atoms with Crippen molar-refractivity contribution in [2.45, 2.75) is 24.3 Å². The van der Waals surface area contributed by atoms with Gasteiger partial charge in [-0.2, -0.15) is 0 Å². The van der Waals surface area contributed by atoms with Gasteiger partial charge in [-0.15, -0.1) is 0 Å². The number of rotatable bonds is 3. The van der Waals surface area contributed by atoms with Crippen molar-refractivity contribution in [3.8, 4) is 0 Å². The van der Waals surface area contributed by atoms with Gasteiger partial charge in [-0.05, 0) is 53.0 Å². The fourth-order valence-corrected chi connectivity index (χ4v) is 4.83. The molecule has 1 aromatic carbocycles. The standard InChI is InChI=1S/C12H16BrClN2O2S/c1-8-4-5-15-7-11(8)16-19(17,18)12-3-2-9(14)6-10(12)13/h2-3,6,8,11,15-16H,4-5,7H2,1H3. The lowest BCUT2D eigenvalue weighted by atomic mass is 9.96. The summed E-state index contributed by atoms with van der Waals surface area (Å²) < 4.78 is 28.0. The molecule has 0 saturated carbocycles. The maximum absolute atomic E-state index is 12.4. The quantitative estimate of drug-likeness (QED) is 0.862. The summed E-state index contributed by atoms with van der Waals surface area (Å²) in [4.78, 5) is 0.217. The molecule has 0 aromatic heterocycles. The van der Waals surface area contributed by atoms with Gasteiger partial charge in [0.25, 0.3) is 0 Å². The SMILES string of the molecule is CC1CCNCC1NS(=O)(=O)c1ccc(Cl)cc1Br. The molecule has 0 amide bonds. The zero-order valence-corrected chi connectivity index (χ0v) is 13.6. The van der Waals surface area contributed by atoms with Gasteiger partial charge in [0.1, 0.15) is 0 Å². The molecule has 2 unspecified atom stereocenters. The van der Waals surface area contributed by atoms with Crippen molar-refractivity contribution in [3.63, 3.8) is 0 Å². The van der Waals surface area contributed by atoms with Crippen molar-refractivity contribution in [1.82, 2.24) is 10.0 Å². The highest BCUT2D eigenvalue weighted by molar-refractivity contribution is 9.10. The number of halogens is 2. The van der Waals surface area contributed by atoms with Crippen molar-refractivity contribution in [2.75, 3.05) is 13.1 Å². The van der Waals surface area contributed by atoms with Gasteiger partial charge in [0.2, 0.25) is 10.0 Å². The number of hydrogen-bond donors (Lipinski definition) is 2. The summed E-state index contributed by atoms with van der Waals surface area (Å²) >= 11 is 9.07. The lowest BCUT2D eigenvalue weighted by Crippen LogP contribution is -2.50. The highest BCUT2D eigenvalue weighted by Gasteiger charge is 2.27. The second-order valence-corrected chi connectivity index (χ2v) is 7.75. The summed E-state index contributed by atoms with van der Waals surface area (Å²) in [6.07, 6.45) is 0.967. The molecule has 1 fully saturated rings. The number of nitrogens with one attached hydrogen (secondary N) is 2. The third-order valence-electron chi connectivity index (χ3n) is 3.32. The molecule has 7 heteroatoms. The molecule has 0 spiro atoms. The van der Waals surface area contributed by atoms with Crippen LogP contribution in [0.25, 0.3) is 0 Å². The first-order valence-electron chi connectivity index (χ1n) is 6.08. The van der Waals surface area contributed by atoms with Gasteiger partial charge in [0.15, 0.2) is 0 Å². The van der Waals surface area contributed by atoms with E-state index in [0.29, 0.717) is 22.0 Å².